The average Bonchev–Trinajstić information content (AvgIpc) is 3.71. The normalized spacial score (nSPS) is 21.8. The molecule has 2 atom stereocenters. The van der Waals surface area contributed by atoms with Crippen LogP contribution in [0.2, 0.25) is 0 Å². The number of hydrogen-bond donors (Lipinski definition) is 2. The smallest absolute Gasteiger partial charge is 0.319 e. The van der Waals surface area contributed by atoms with Gasteiger partial charge in [-0.3, -0.25) is 9.58 Å². The van der Waals surface area contributed by atoms with Crippen LogP contribution in [0.4, 0.5) is 19.0 Å². The van der Waals surface area contributed by atoms with E-state index in [1.165, 1.54) is 24.3 Å². The van der Waals surface area contributed by atoms with Crippen LogP contribution in [0.15, 0.2) is 30.5 Å². The number of phenolic OH excluding ortho intramolecular Hbond substituents is 1. The zero-order valence-corrected chi connectivity index (χ0v) is 25.3. The number of aryl methyl sites for hydroxylation is 1. The van der Waals surface area contributed by atoms with E-state index in [1.807, 2.05) is 0 Å². The number of fused-ring (bicyclic) bond motifs is 5. The number of ether oxygens (including phenoxy) is 1. The van der Waals surface area contributed by atoms with Gasteiger partial charge in [0, 0.05) is 68.7 Å². The van der Waals surface area contributed by atoms with Crippen LogP contribution in [0.25, 0.3) is 43.7 Å². The first-order valence-corrected chi connectivity index (χ1v) is 15.5. The molecule has 0 unspecified atom stereocenters. The third kappa shape index (κ3) is 4.44. The summed E-state index contributed by atoms with van der Waals surface area (Å²) in [7, 11) is 1.73. The highest BCUT2D eigenvalue weighted by atomic mass is 19.1. The van der Waals surface area contributed by atoms with Crippen molar-refractivity contribution in [1.82, 2.24) is 30.0 Å². The zero-order chi connectivity index (χ0) is 31.7. The van der Waals surface area contributed by atoms with E-state index in [2.05, 4.69) is 31.1 Å². The van der Waals surface area contributed by atoms with Crippen LogP contribution in [0.3, 0.4) is 0 Å². The highest BCUT2D eigenvalue weighted by Crippen LogP contribution is 2.45. The van der Waals surface area contributed by atoms with E-state index in [0.29, 0.717) is 66.6 Å². The summed E-state index contributed by atoms with van der Waals surface area (Å²) in [6.45, 7) is 4.05. The van der Waals surface area contributed by atoms with E-state index in [0.717, 1.165) is 19.4 Å². The van der Waals surface area contributed by atoms with Gasteiger partial charge in [0.05, 0.1) is 16.5 Å². The number of rotatable bonds is 5. The molecule has 0 amide bonds. The molecule has 9 nitrogen and oxygen atoms in total. The lowest BCUT2D eigenvalue weighted by Gasteiger charge is -2.32. The number of hydrogen-bond acceptors (Lipinski definition) is 8. The minimum Gasteiger partial charge on any atom is -0.508 e. The summed E-state index contributed by atoms with van der Waals surface area (Å²) in [5.41, 5.74) is 0.0161. The Morgan fingerprint density at radius 3 is 2.76 bits per heavy atom. The van der Waals surface area contributed by atoms with E-state index < -0.39 is 23.3 Å². The molecule has 5 aromatic rings. The predicted molar refractivity (Wildman–Crippen MR) is 170 cm³/mol. The van der Waals surface area contributed by atoms with Crippen LogP contribution < -0.4 is 15.0 Å². The molecule has 2 aromatic heterocycles. The van der Waals surface area contributed by atoms with Crippen molar-refractivity contribution >= 4 is 38.4 Å². The minimum atomic E-state index is -0.924. The Hall–Kier alpha value is -4.60. The Labute approximate surface area is 263 Å². The Morgan fingerprint density at radius 2 is 1.96 bits per heavy atom. The van der Waals surface area contributed by atoms with Crippen molar-refractivity contribution in [2.75, 3.05) is 50.8 Å². The number of terminal acetylenes is 1. The molecule has 3 aliphatic heterocycles. The lowest BCUT2D eigenvalue weighted by Crippen LogP contribution is -2.44. The van der Waals surface area contributed by atoms with Crippen LogP contribution in [-0.4, -0.2) is 87.3 Å². The van der Waals surface area contributed by atoms with Gasteiger partial charge in [-0.1, -0.05) is 12.0 Å². The molecular formula is C34H32F3N7O2. The highest BCUT2D eigenvalue weighted by Gasteiger charge is 2.49. The largest absolute Gasteiger partial charge is 0.508 e. The quantitative estimate of drug-likeness (QED) is 0.272. The summed E-state index contributed by atoms with van der Waals surface area (Å²) in [6, 6.07) is 5.55. The van der Waals surface area contributed by atoms with Crippen LogP contribution >= 0.6 is 0 Å². The molecule has 3 fully saturated rings. The molecule has 46 heavy (non-hydrogen) atoms. The molecule has 12 heteroatoms. The topological polar surface area (TPSA) is 91.6 Å². The second kappa shape index (κ2) is 10.7. The Balaban J connectivity index is 1.39. The fraction of sp³-hybridized carbons (Fsp3) is 0.382. The number of phenols is 1. The lowest BCUT2D eigenvalue weighted by atomic mass is 9.91. The standard InChI is InChI=1S/C34H32F3N7O2/c1-3-22-25(36)6-5-19-13-21(45)14-23(26(19)22)27-29(37)31-28(24-17-42(2)41-30(24)27)32(43-11-8-38-9-12-43)40-33(39-31)46-18-34-7-4-10-44(34)16-20(35)15-34/h1,5-6,13-14,17,20,38,45H,4,7-12,15-16,18H2,2H3/t20-,34+/m1/s1. The summed E-state index contributed by atoms with van der Waals surface area (Å²) < 4.78 is 54.7. The molecule has 236 valence electrons. The number of alkyl halides is 1. The number of nitrogens with zero attached hydrogens (tertiary/aromatic N) is 6. The van der Waals surface area contributed by atoms with Gasteiger partial charge < -0.3 is 20.1 Å². The molecule has 0 radical (unpaired) electrons. The van der Waals surface area contributed by atoms with Gasteiger partial charge in [-0.2, -0.15) is 15.1 Å². The minimum absolute atomic E-state index is 0.000228. The van der Waals surface area contributed by atoms with Gasteiger partial charge >= 0.3 is 6.01 Å². The van der Waals surface area contributed by atoms with E-state index >= 15 is 8.78 Å². The maximum atomic E-state index is 17.3. The van der Waals surface area contributed by atoms with Crippen LogP contribution in [0.5, 0.6) is 11.8 Å². The van der Waals surface area contributed by atoms with Crippen LogP contribution in [0, 0.1) is 24.0 Å². The first-order valence-electron chi connectivity index (χ1n) is 15.5. The summed E-state index contributed by atoms with van der Waals surface area (Å²) in [4.78, 5) is 13.7. The van der Waals surface area contributed by atoms with Gasteiger partial charge in [0.1, 0.15) is 41.2 Å². The van der Waals surface area contributed by atoms with E-state index in [4.69, 9.17) is 16.1 Å². The summed E-state index contributed by atoms with van der Waals surface area (Å²) >= 11 is 0. The zero-order valence-electron chi connectivity index (χ0n) is 25.3. The summed E-state index contributed by atoms with van der Waals surface area (Å²) in [6.07, 6.45) is 8.74. The van der Waals surface area contributed by atoms with Gasteiger partial charge in [-0.25, -0.2) is 13.2 Å². The number of benzene rings is 3. The predicted octanol–water partition coefficient (Wildman–Crippen LogP) is 4.67. The van der Waals surface area contributed by atoms with E-state index in [1.54, 1.807) is 17.9 Å². The van der Waals surface area contributed by atoms with Gasteiger partial charge in [0.2, 0.25) is 0 Å². The summed E-state index contributed by atoms with van der Waals surface area (Å²) in [5, 5.41) is 20.5. The van der Waals surface area contributed by atoms with Gasteiger partial charge in [-0.15, -0.1) is 6.42 Å². The molecule has 0 spiro atoms. The molecule has 5 heterocycles. The number of anilines is 1. The lowest BCUT2D eigenvalue weighted by molar-refractivity contribution is 0.107. The molecule has 3 aliphatic rings. The van der Waals surface area contributed by atoms with Crippen LogP contribution in [0.1, 0.15) is 24.8 Å². The third-order valence-electron chi connectivity index (χ3n) is 9.74. The van der Waals surface area contributed by atoms with Crippen molar-refractivity contribution in [3.05, 3.63) is 47.7 Å². The molecule has 0 aliphatic carbocycles. The molecule has 0 bridgehead atoms. The Morgan fingerprint density at radius 1 is 1.13 bits per heavy atom. The molecule has 3 saturated heterocycles. The molecule has 0 saturated carbocycles. The molecule has 2 N–H and O–H groups in total. The van der Waals surface area contributed by atoms with Gasteiger partial charge in [0.15, 0.2) is 5.82 Å². The number of aromatic hydroxyl groups is 1. The third-order valence-corrected chi connectivity index (χ3v) is 9.74. The van der Waals surface area contributed by atoms with Crippen molar-refractivity contribution in [2.45, 2.75) is 31.0 Å². The van der Waals surface area contributed by atoms with Crippen molar-refractivity contribution in [3.8, 4) is 35.2 Å². The maximum absolute atomic E-state index is 17.3. The van der Waals surface area contributed by atoms with Crippen molar-refractivity contribution in [1.29, 1.82) is 0 Å². The fourth-order valence-electron chi connectivity index (χ4n) is 7.74. The SMILES string of the molecule is C#Cc1c(F)ccc2cc(O)cc(-c3c(F)c4nc(OC[C@@]56CCCN5C[C@H](F)C6)nc(N5CCNCC5)c4c4cn(C)nc34)c12. The van der Waals surface area contributed by atoms with Crippen molar-refractivity contribution in [3.63, 3.8) is 0 Å². The maximum Gasteiger partial charge on any atom is 0.319 e. The van der Waals surface area contributed by atoms with Gasteiger partial charge in [0.25, 0.3) is 0 Å². The first kappa shape index (κ1) is 28.8. The van der Waals surface area contributed by atoms with Gasteiger partial charge in [-0.05, 0) is 48.5 Å². The molecule has 3 aromatic carbocycles. The Bertz CT molecular complexity index is 2090. The number of halogens is 3. The molecule has 8 rings (SSSR count). The highest BCUT2D eigenvalue weighted by molar-refractivity contribution is 6.18. The van der Waals surface area contributed by atoms with E-state index in [-0.39, 0.29) is 46.0 Å². The Kier molecular flexibility index (Phi) is 6.74. The monoisotopic (exact) mass is 627 g/mol. The average molecular weight is 628 g/mol. The number of aromatic nitrogens is 4. The second-order valence-corrected chi connectivity index (χ2v) is 12.6. The van der Waals surface area contributed by atoms with E-state index in [9.17, 15) is 9.50 Å². The van der Waals surface area contributed by atoms with Crippen LogP contribution in [-0.2, 0) is 7.05 Å². The second-order valence-electron chi connectivity index (χ2n) is 12.6. The first-order chi connectivity index (χ1) is 22.3. The summed E-state index contributed by atoms with van der Waals surface area (Å²) in [5.74, 6) is 1.41. The van der Waals surface area contributed by atoms with Crippen molar-refractivity contribution < 1.29 is 23.0 Å². The fourth-order valence-corrected chi connectivity index (χ4v) is 7.74. The number of piperazine rings is 1. The number of nitrogens with one attached hydrogen (secondary N) is 1. The molecular weight excluding hydrogens is 595 g/mol. The van der Waals surface area contributed by atoms with Crippen molar-refractivity contribution in [2.24, 2.45) is 7.05 Å².